The van der Waals surface area contributed by atoms with Crippen molar-refractivity contribution in [2.75, 3.05) is 19.8 Å². The Morgan fingerprint density at radius 2 is 1.74 bits per heavy atom. The molecule has 0 unspecified atom stereocenters. The van der Waals surface area contributed by atoms with Gasteiger partial charge in [0.05, 0.1) is 25.2 Å². The van der Waals surface area contributed by atoms with Gasteiger partial charge in [-0.1, -0.05) is 30.3 Å². The number of nitrogens with one attached hydrogen (secondary N) is 1. The molecule has 3 aromatic rings. The molecule has 9 heteroatoms. The van der Waals surface area contributed by atoms with Crippen molar-refractivity contribution in [3.63, 3.8) is 0 Å². The van der Waals surface area contributed by atoms with Crippen molar-refractivity contribution in [3.05, 3.63) is 71.3 Å². The van der Waals surface area contributed by atoms with Crippen LogP contribution in [0.3, 0.4) is 0 Å². The predicted molar refractivity (Wildman–Crippen MR) is 118 cm³/mol. The maximum atomic E-state index is 12.8. The van der Waals surface area contributed by atoms with Crippen molar-refractivity contribution in [1.82, 2.24) is 14.3 Å². The van der Waals surface area contributed by atoms with Crippen molar-refractivity contribution in [2.45, 2.75) is 25.3 Å². The Hall–Kier alpha value is -3.17. The molecule has 2 aromatic carbocycles. The first-order valence-corrected chi connectivity index (χ1v) is 11.4. The van der Waals surface area contributed by atoms with Crippen molar-refractivity contribution in [3.8, 4) is 22.8 Å². The van der Waals surface area contributed by atoms with E-state index in [-0.39, 0.29) is 29.3 Å². The molecule has 0 bridgehead atoms. The number of ether oxygens (including phenoxy) is 2. The Labute approximate surface area is 181 Å². The van der Waals surface area contributed by atoms with Crippen LogP contribution >= 0.6 is 0 Å². The molecule has 1 aromatic heterocycles. The third-order valence-corrected chi connectivity index (χ3v) is 5.89. The lowest BCUT2D eigenvalue weighted by molar-refractivity contribution is 0.322. The largest absolute Gasteiger partial charge is 0.494 e. The Kier molecular flexibility index (Phi) is 7.43. The summed E-state index contributed by atoms with van der Waals surface area (Å²) < 4.78 is 40.4. The van der Waals surface area contributed by atoms with Gasteiger partial charge in [-0.15, -0.1) is 0 Å². The number of hydrogen-bond acceptors (Lipinski definition) is 6. The standard InChI is InChI=1S/C22H25N3O5S/c1-3-29-18-10-11-20(30-4-2)21(14-18)31(27,28)24-12-13-25-16-23-19(15-22(25)26)17-8-6-5-7-9-17/h5-11,14-16,24H,3-4,12-13H2,1-2H3. The highest BCUT2D eigenvalue weighted by atomic mass is 32.2. The lowest BCUT2D eigenvalue weighted by Crippen LogP contribution is -2.31. The Morgan fingerprint density at radius 3 is 2.42 bits per heavy atom. The second kappa shape index (κ2) is 10.2. The van der Waals surface area contributed by atoms with Gasteiger partial charge in [0.1, 0.15) is 16.4 Å². The van der Waals surface area contributed by atoms with Gasteiger partial charge < -0.3 is 9.47 Å². The molecule has 31 heavy (non-hydrogen) atoms. The summed E-state index contributed by atoms with van der Waals surface area (Å²) in [6.45, 7) is 4.48. The molecule has 0 aliphatic heterocycles. The van der Waals surface area contributed by atoms with E-state index in [1.54, 1.807) is 19.1 Å². The first-order valence-electron chi connectivity index (χ1n) is 9.95. The summed E-state index contributed by atoms with van der Waals surface area (Å²) in [7, 11) is -3.88. The van der Waals surface area contributed by atoms with E-state index in [1.165, 1.54) is 23.0 Å². The summed E-state index contributed by atoms with van der Waals surface area (Å²) in [5.41, 5.74) is 1.14. The average Bonchev–Trinajstić information content (AvgIpc) is 2.77. The number of rotatable bonds is 10. The van der Waals surface area contributed by atoms with Crippen LogP contribution in [0.1, 0.15) is 13.8 Å². The van der Waals surface area contributed by atoms with Gasteiger partial charge in [-0.3, -0.25) is 9.36 Å². The summed E-state index contributed by atoms with van der Waals surface area (Å²) in [4.78, 5) is 16.7. The molecule has 0 radical (unpaired) electrons. The van der Waals surface area contributed by atoms with Crippen LogP contribution in [0.15, 0.2) is 70.6 Å². The average molecular weight is 444 g/mol. The molecule has 0 amide bonds. The van der Waals surface area contributed by atoms with Crippen LogP contribution in [-0.4, -0.2) is 37.7 Å². The van der Waals surface area contributed by atoms with Crippen molar-refractivity contribution in [2.24, 2.45) is 0 Å². The number of benzene rings is 2. The van der Waals surface area contributed by atoms with Crippen molar-refractivity contribution >= 4 is 10.0 Å². The molecule has 0 fully saturated rings. The molecule has 3 rings (SSSR count). The minimum Gasteiger partial charge on any atom is -0.494 e. The maximum absolute atomic E-state index is 12.8. The van der Waals surface area contributed by atoms with E-state index in [1.807, 2.05) is 37.3 Å². The van der Waals surface area contributed by atoms with Gasteiger partial charge >= 0.3 is 0 Å². The fraction of sp³-hybridized carbons (Fsp3) is 0.273. The molecule has 0 aliphatic rings. The molecule has 1 heterocycles. The number of nitrogens with zero attached hydrogens (tertiary/aromatic N) is 2. The van der Waals surface area contributed by atoms with Gasteiger partial charge in [-0.2, -0.15) is 0 Å². The van der Waals surface area contributed by atoms with E-state index >= 15 is 0 Å². The van der Waals surface area contributed by atoms with Gasteiger partial charge in [0.25, 0.3) is 5.56 Å². The molecule has 0 saturated carbocycles. The minimum atomic E-state index is -3.88. The lowest BCUT2D eigenvalue weighted by atomic mass is 10.1. The monoisotopic (exact) mass is 443 g/mol. The first-order chi connectivity index (χ1) is 14.9. The Balaban J connectivity index is 1.73. The SMILES string of the molecule is CCOc1ccc(OCC)c(S(=O)(=O)NCCn2cnc(-c3ccccc3)cc2=O)c1. The highest BCUT2D eigenvalue weighted by Crippen LogP contribution is 2.28. The van der Waals surface area contributed by atoms with E-state index in [9.17, 15) is 13.2 Å². The minimum absolute atomic E-state index is 0.00908. The molecule has 8 nitrogen and oxygen atoms in total. The maximum Gasteiger partial charge on any atom is 0.253 e. The van der Waals surface area contributed by atoms with E-state index in [0.29, 0.717) is 24.7 Å². The van der Waals surface area contributed by atoms with Crippen molar-refractivity contribution < 1.29 is 17.9 Å². The Morgan fingerprint density at radius 1 is 1.00 bits per heavy atom. The van der Waals surface area contributed by atoms with Gasteiger partial charge in [0.2, 0.25) is 10.0 Å². The number of hydrogen-bond donors (Lipinski definition) is 1. The van der Waals surface area contributed by atoms with Crippen LogP contribution in [0.5, 0.6) is 11.5 Å². The molecule has 164 valence electrons. The third kappa shape index (κ3) is 5.71. The summed E-state index contributed by atoms with van der Waals surface area (Å²) >= 11 is 0. The highest BCUT2D eigenvalue weighted by Gasteiger charge is 2.20. The zero-order valence-corrected chi connectivity index (χ0v) is 18.3. The van der Waals surface area contributed by atoms with Gasteiger partial charge in [-0.25, -0.2) is 18.1 Å². The number of aromatic nitrogens is 2. The third-order valence-electron chi connectivity index (χ3n) is 4.41. The molecule has 0 aliphatic carbocycles. The molecule has 0 spiro atoms. The van der Waals surface area contributed by atoms with Crippen LogP contribution in [-0.2, 0) is 16.6 Å². The second-order valence-corrected chi connectivity index (χ2v) is 8.28. The van der Waals surface area contributed by atoms with Crippen molar-refractivity contribution in [1.29, 1.82) is 0 Å². The Bertz CT molecular complexity index is 1180. The zero-order chi connectivity index (χ0) is 22.3. The van der Waals surface area contributed by atoms with E-state index in [4.69, 9.17) is 9.47 Å². The molecular formula is C22H25N3O5S. The zero-order valence-electron chi connectivity index (χ0n) is 17.4. The topological polar surface area (TPSA) is 99.5 Å². The van der Waals surface area contributed by atoms with Crippen LogP contribution in [0.4, 0.5) is 0 Å². The quantitative estimate of drug-likeness (QED) is 0.517. The molecule has 0 atom stereocenters. The van der Waals surface area contributed by atoms with Crippen LogP contribution < -0.4 is 19.8 Å². The normalized spacial score (nSPS) is 11.3. The predicted octanol–water partition coefficient (Wildman–Crippen LogP) is 2.69. The molecule has 0 saturated heterocycles. The van der Waals surface area contributed by atoms with E-state index < -0.39 is 10.0 Å². The summed E-state index contributed by atoms with van der Waals surface area (Å²) in [6, 6.07) is 15.5. The number of sulfonamides is 1. The first kappa shape index (κ1) is 22.5. The van der Waals surface area contributed by atoms with Gasteiger partial charge in [0, 0.05) is 30.8 Å². The van der Waals surface area contributed by atoms with Gasteiger partial charge in [-0.05, 0) is 26.0 Å². The summed E-state index contributed by atoms with van der Waals surface area (Å²) in [5, 5.41) is 0. The second-order valence-electron chi connectivity index (χ2n) is 6.54. The van der Waals surface area contributed by atoms with Crippen LogP contribution in [0, 0.1) is 0 Å². The highest BCUT2D eigenvalue weighted by molar-refractivity contribution is 7.89. The molecular weight excluding hydrogens is 418 g/mol. The lowest BCUT2D eigenvalue weighted by Gasteiger charge is -2.14. The molecule has 1 N–H and O–H groups in total. The van der Waals surface area contributed by atoms with E-state index in [0.717, 1.165) is 5.56 Å². The van der Waals surface area contributed by atoms with Crippen LogP contribution in [0.25, 0.3) is 11.3 Å². The van der Waals surface area contributed by atoms with E-state index in [2.05, 4.69) is 9.71 Å². The summed E-state index contributed by atoms with van der Waals surface area (Å²) in [5.74, 6) is 0.674. The smallest absolute Gasteiger partial charge is 0.253 e. The van der Waals surface area contributed by atoms with Gasteiger partial charge in [0.15, 0.2) is 0 Å². The fourth-order valence-electron chi connectivity index (χ4n) is 2.97. The summed E-state index contributed by atoms with van der Waals surface area (Å²) in [6.07, 6.45) is 1.42. The van der Waals surface area contributed by atoms with Crippen LogP contribution in [0.2, 0.25) is 0 Å². The fourth-order valence-corrected chi connectivity index (χ4v) is 4.15.